The number of carbonyl (C=O) groups excluding carboxylic acids is 2. The normalized spacial score (nSPS) is 23.2. The van der Waals surface area contributed by atoms with Gasteiger partial charge >= 0.3 is 6.16 Å². The van der Waals surface area contributed by atoms with Gasteiger partial charge in [0.15, 0.2) is 6.23 Å². The molecule has 1 heterocycles. The predicted molar refractivity (Wildman–Crippen MR) is 91.6 cm³/mol. The van der Waals surface area contributed by atoms with Gasteiger partial charge < -0.3 is 14.4 Å². The summed E-state index contributed by atoms with van der Waals surface area (Å²) < 4.78 is 10.3. The van der Waals surface area contributed by atoms with E-state index in [-0.39, 0.29) is 24.5 Å². The molecule has 0 bridgehead atoms. The van der Waals surface area contributed by atoms with E-state index in [9.17, 15) is 9.59 Å². The molecule has 0 aliphatic carbocycles. The minimum absolute atomic E-state index is 0.0152. The van der Waals surface area contributed by atoms with Crippen LogP contribution < -0.4 is 0 Å². The topological polar surface area (TPSA) is 55.8 Å². The van der Waals surface area contributed by atoms with E-state index in [0.717, 1.165) is 23.1 Å². The summed E-state index contributed by atoms with van der Waals surface area (Å²) >= 11 is 0. The molecule has 1 saturated heterocycles. The molecule has 3 atom stereocenters. The fourth-order valence-corrected chi connectivity index (χ4v) is 3.47. The predicted octanol–water partition coefficient (Wildman–Crippen LogP) is 3.60. The molecular weight excluding hydrogens is 306 g/mol. The van der Waals surface area contributed by atoms with Crippen molar-refractivity contribution < 1.29 is 19.1 Å². The van der Waals surface area contributed by atoms with Gasteiger partial charge in [0.2, 0.25) is 5.91 Å². The first-order valence-electron chi connectivity index (χ1n) is 8.54. The number of ether oxygens (including phenoxy) is 2. The van der Waals surface area contributed by atoms with E-state index in [1.807, 2.05) is 45.9 Å². The van der Waals surface area contributed by atoms with Crippen LogP contribution in [0.2, 0.25) is 0 Å². The minimum Gasteiger partial charge on any atom is -0.435 e. The van der Waals surface area contributed by atoms with Gasteiger partial charge in [0.05, 0.1) is 13.0 Å². The van der Waals surface area contributed by atoms with Crippen molar-refractivity contribution in [3.63, 3.8) is 0 Å². The molecule has 1 aliphatic rings. The Hall–Kier alpha value is -2.04. The Labute approximate surface area is 143 Å². The van der Waals surface area contributed by atoms with Gasteiger partial charge in [-0.25, -0.2) is 4.79 Å². The third kappa shape index (κ3) is 3.89. The molecule has 0 aromatic heterocycles. The lowest BCUT2D eigenvalue weighted by molar-refractivity contribution is -0.142. The van der Waals surface area contributed by atoms with Crippen molar-refractivity contribution in [3.05, 3.63) is 34.9 Å². The smallest absolute Gasteiger partial charge is 0.435 e. The molecule has 0 radical (unpaired) electrons. The van der Waals surface area contributed by atoms with Gasteiger partial charge in [0.25, 0.3) is 0 Å². The maximum Gasteiger partial charge on any atom is 0.510 e. The van der Waals surface area contributed by atoms with Crippen LogP contribution in [0.25, 0.3) is 0 Å². The Balaban J connectivity index is 2.17. The van der Waals surface area contributed by atoms with Crippen molar-refractivity contribution in [2.75, 3.05) is 6.61 Å². The average Bonchev–Trinajstić information content (AvgIpc) is 2.77. The van der Waals surface area contributed by atoms with Crippen LogP contribution in [0.3, 0.4) is 0 Å². The molecule has 3 unspecified atom stereocenters. The quantitative estimate of drug-likeness (QED) is 0.790. The summed E-state index contributed by atoms with van der Waals surface area (Å²) in [5.41, 5.74) is 3.25. The summed E-state index contributed by atoms with van der Waals surface area (Å²) in [6.07, 6.45) is -0.148. The molecular formula is C19H27NO4. The monoisotopic (exact) mass is 333 g/mol. The number of likely N-dealkylation sites (tertiary alicyclic amines) is 1. The van der Waals surface area contributed by atoms with Gasteiger partial charge in [0.1, 0.15) is 0 Å². The van der Waals surface area contributed by atoms with E-state index in [4.69, 9.17) is 9.47 Å². The van der Waals surface area contributed by atoms with Crippen LogP contribution in [-0.4, -0.2) is 35.8 Å². The highest BCUT2D eigenvalue weighted by atomic mass is 16.7. The first-order valence-corrected chi connectivity index (χ1v) is 8.54. The zero-order chi connectivity index (χ0) is 17.9. The maximum atomic E-state index is 12.9. The van der Waals surface area contributed by atoms with Crippen LogP contribution >= 0.6 is 0 Å². The highest BCUT2D eigenvalue weighted by molar-refractivity contribution is 5.80. The van der Waals surface area contributed by atoms with Crippen LogP contribution in [0.4, 0.5) is 4.79 Å². The summed E-state index contributed by atoms with van der Waals surface area (Å²) in [6.45, 7) is 9.99. The Morgan fingerprint density at radius 1 is 1.21 bits per heavy atom. The van der Waals surface area contributed by atoms with Crippen molar-refractivity contribution in [3.8, 4) is 0 Å². The molecule has 5 heteroatoms. The number of amides is 1. The van der Waals surface area contributed by atoms with Crippen LogP contribution in [-0.2, 0) is 20.7 Å². The lowest BCUT2D eigenvalue weighted by atomic mass is 9.99. The zero-order valence-corrected chi connectivity index (χ0v) is 15.2. The standard InChI is InChI=1S/C19H27NO4/c1-6-23-19(22)24-18-14(4)10-15(5)20(18)17(21)11-16-12(2)8-7-9-13(16)3/h7-9,14-15,18H,6,10-11H2,1-5H3. The van der Waals surface area contributed by atoms with Crippen LogP contribution in [0.5, 0.6) is 0 Å². The molecule has 1 aliphatic heterocycles. The van der Waals surface area contributed by atoms with Gasteiger partial charge in [-0.05, 0) is 50.8 Å². The van der Waals surface area contributed by atoms with Gasteiger partial charge in [0, 0.05) is 12.0 Å². The highest BCUT2D eigenvalue weighted by Crippen LogP contribution is 2.31. The lowest BCUT2D eigenvalue weighted by Crippen LogP contribution is -2.44. The Morgan fingerprint density at radius 3 is 2.42 bits per heavy atom. The fourth-order valence-electron chi connectivity index (χ4n) is 3.47. The van der Waals surface area contributed by atoms with Gasteiger partial charge in [-0.2, -0.15) is 0 Å². The number of hydrogen-bond donors (Lipinski definition) is 0. The first-order chi connectivity index (χ1) is 11.3. The lowest BCUT2D eigenvalue weighted by Gasteiger charge is -2.29. The largest absolute Gasteiger partial charge is 0.510 e. The number of aryl methyl sites for hydroxylation is 2. The van der Waals surface area contributed by atoms with E-state index < -0.39 is 12.4 Å². The van der Waals surface area contributed by atoms with E-state index in [2.05, 4.69) is 0 Å². The van der Waals surface area contributed by atoms with Gasteiger partial charge in [-0.1, -0.05) is 25.1 Å². The van der Waals surface area contributed by atoms with Crippen molar-refractivity contribution in [2.24, 2.45) is 5.92 Å². The van der Waals surface area contributed by atoms with Crippen molar-refractivity contribution in [1.82, 2.24) is 4.90 Å². The number of carbonyl (C=O) groups is 2. The summed E-state index contributed by atoms with van der Waals surface area (Å²) in [5.74, 6) is 0.0740. The number of rotatable bonds is 4. The Kier molecular flexibility index (Phi) is 5.86. The third-order valence-electron chi connectivity index (χ3n) is 4.69. The minimum atomic E-state index is -0.715. The molecule has 132 valence electrons. The molecule has 1 aromatic carbocycles. The average molecular weight is 333 g/mol. The Morgan fingerprint density at radius 2 is 1.83 bits per heavy atom. The van der Waals surface area contributed by atoms with Gasteiger partial charge in [-0.3, -0.25) is 4.79 Å². The second-order valence-electron chi connectivity index (χ2n) is 6.60. The maximum absolute atomic E-state index is 12.9. The summed E-state index contributed by atoms with van der Waals surface area (Å²) in [5, 5.41) is 0. The molecule has 1 amide bonds. The van der Waals surface area contributed by atoms with Crippen molar-refractivity contribution in [1.29, 1.82) is 0 Å². The summed E-state index contributed by atoms with van der Waals surface area (Å²) in [4.78, 5) is 26.3. The third-order valence-corrected chi connectivity index (χ3v) is 4.69. The molecule has 1 fully saturated rings. The molecule has 1 aromatic rings. The highest BCUT2D eigenvalue weighted by Gasteiger charge is 2.42. The fraction of sp³-hybridized carbons (Fsp3) is 0.579. The van der Waals surface area contributed by atoms with Crippen LogP contribution in [0.1, 0.15) is 43.9 Å². The summed E-state index contributed by atoms with van der Waals surface area (Å²) in [6, 6.07) is 6.05. The molecule has 5 nitrogen and oxygen atoms in total. The second kappa shape index (κ2) is 7.69. The first kappa shape index (κ1) is 18.3. The van der Waals surface area contributed by atoms with Gasteiger partial charge in [-0.15, -0.1) is 0 Å². The number of benzene rings is 1. The van der Waals surface area contributed by atoms with E-state index in [1.165, 1.54) is 0 Å². The van der Waals surface area contributed by atoms with Crippen molar-refractivity contribution in [2.45, 2.75) is 59.7 Å². The molecule has 2 rings (SSSR count). The van der Waals surface area contributed by atoms with Crippen LogP contribution in [0.15, 0.2) is 18.2 Å². The van der Waals surface area contributed by atoms with E-state index in [1.54, 1.807) is 11.8 Å². The zero-order valence-electron chi connectivity index (χ0n) is 15.2. The Bertz CT molecular complexity index is 593. The SMILES string of the molecule is CCOC(=O)OC1C(C)CC(C)N1C(=O)Cc1c(C)cccc1C. The number of hydrogen-bond acceptors (Lipinski definition) is 4. The second-order valence-corrected chi connectivity index (χ2v) is 6.60. The molecule has 0 N–H and O–H groups in total. The van der Waals surface area contributed by atoms with E-state index >= 15 is 0 Å². The van der Waals surface area contributed by atoms with Crippen LogP contribution in [0, 0.1) is 19.8 Å². The van der Waals surface area contributed by atoms with Crippen molar-refractivity contribution >= 4 is 12.1 Å². The molecule has 0 spiro atoms. The number of nitrogens with zero attached hydrogens (tertiary/aromatic N) is 1. The molecule has 0 saturated carbocycles. The van der Waals surface area contributed by atoms with E-state index in [0.29, 0.717) is 6.42 Å². The molecule has 24 heavy (non-hydrogen) atoms. The summed E-state index contributed by atoms with van der Waals surface area (Å²) in [7, 11) is 0.